The first-order valence-electron chi connectivity index (χ1n) is 10.2. The number of nitrogens with one attached hydrogen (secondary N) is 2. The molecule has 9 nitrogen and oxygen atoms in total. The van der Waals surface area contributed by atoms with Gasteiger partial charge in [-0.3, -0.25) is 9.59 Å². The van der Waals surface area contributed by atoms with Gasteiger partial charge in [0.1, 0.15) is 5.82 Å². The second kappa shape index (κ2) is 10.0. The molecule has 2 aromatic heterocycles. The van der Waals surface area contributed by atoms with Crippen molar-refractivity contribution in [1.82, 2.24) is 25.2 Å². The van der Waals surface area contributed by atoms with E-state index in [1.807, 2.05) is 6.92 Å². The standard InChI is InChI=1S/C23H20ClN7O2/c1-2-19(31-29-21(28-30-31)15-9-11-17(24)12-10-15)23(33)26-18-7-5-6-16(14-18)22(32)27-20-8-3-4-13-25-20/h3-14,19H,2H2,1H3,(H,26,33)(H,25,27,32). The minimum Gasteiger partial charge on any atom is -0.324 e. The number of pyridine rings is 1. The van der Waals surface area contributed by atoms with Crippen molar-refractivity contribution in [1.29, 1.82) is 0 Å². The molecule has 1 atom stereocenters. The molecule has 0 saturated heterocycles. The third-order valence-electron chi connectivity index (χ3n) is 4.80. The highest BCUT2D eigenvalue weighted by molar-refractivity contribution is 6.30. The van der Waals surface area contributed by atoms with E-state index in [0.717, 1.165) is 5.56 Å². The fourth-order valence-electron chi connectivity index (χ4n) is 3.11. The lowest BCUT2D eigenvalue weighted by Gasteiger charge is -2.14. The van der Waals surface area contributed by atoms with Crippen molar-refractivity contribution in [3.05, 3.63) is 83.5 Å². The third-order valence-corrected chi connectivity index (χ3v) is 5.05. The molecule has 4 aromatic rings. The van der Waals surface area contributed by atoms with Crippen LogP contribution in [0.5, 0.6) is 0 Å². The molecule has 0 aliphatic carbocycles. The molecule has 10 heteroatoms. The number of aromatic nitrogens is 5. The average Bonchev–Trinajstić information content (AvgIpc) is 3.30. The van der Waals surface area contributed by atoms with Crippen LogP contribution in [0.2, 0.25) is 5.02 Å². The first kappa shape index (κ1) is 22.1. The zero-order valence-electron chi connectivity index (χ0n) is 17.6. The molecule has 2 aromatic carbocycles. The number of benzene rings is 2. The molecule has 166 valence electrons. The van der Waals surface area contributed by atoms with E-state index in [0.29, 0.717) is 34.3 Å². The van der Waals surface area contributed by atoms with Crippen molar-refractivity contribution in [3.63, 3.8) is 0 Å². The number of amides is 2. The molecule has 0 fully saturated rings. The fraction of sp³-hybridized carbons (Fsp3) is 0.130. The van der Waals surface area contributed by atoms with E-state index in [4.69, 9.17) is 11.6 Å². The number of carbonyl (C=O) groups excluding carboxylic acids is 2. The van der Waals surface area contributed by atoms with Gasteiger partial charge in [-0.25, -0.2) is 4.98 Å². The molecule has 0 bridgehead atoms. The number of hydrogen-bond acceptors (Lipinski definition) is 6. The Hall–Kier alpha value is -4.11. The van der Waals surface area contributed by atoms with Gasteiger partial charge < -0.3 is 10.6 Å². The number of halogens is 1. The fourth-order valence-corrected chi connectivity index (χ4v) is 3.24. The van der Waals surface area contributed by atoms with Crippen molar-refractivity contribution >= 4 is 34.9 Å². The molecule has 1 unspecified atom stereocenters. The first-order valence-corrected chi connectivity index (χ1v) is 10.6. The lowest BCUT2D eigenvalue weighted by Crippen LogP contribution is -2.27. The quantitative estimate of drug-likeness (QED) is 0.425. The number of carbonyl (C=O) groups is 2. The van der Waals surface area contributed by atoms with Gasteiger partial charge in [-0.15, -0.1) is 10.2 Å². The molecule has 2 amide bonds. The van der Waals surface area contributed by atoms with Crippen LogP contribution < -0.4 is 10.6 Å². The first-order chi connectivity index (χ1) is 16.0. The summed E-state index contributed by atoms with van der Waals surface area (Å²) in [6.07, 6.45) is 2.04. The highest BCUT2D eigenvalue weighted by atomic mass is 35.5. The Kier molecular flexibility index (Phi) is 6.70. The molecular formula is C23H20ClN7O2. The number of rotatable bonds is 7. The average molecular weight is 462 g/mol. The van der Waals surface area contributed by atoms with Crippen molar-refractivity contribution in [2.75, 3.05) is 10.6 Å². The minimum absolute atomic E-state index is 0.320. The van der Waals surface area contributed by atoms with Crippen molar-refractivity contribution in [2.24, 2.45) is 0 Å². The second-order valence-electron chi connectivity index (χ2n) is 7.10. The summed E-state index contributed by atoms with van der Waals surface area (Å²) in [7, 11) is 0. The summed E-state index contributed by atoms with van der Waals surface area (Å²) in [6.45, 7) is 1.85. The Labute approximate surface area is 194 Å². The molecule has 0 radical (unpaired) electrons. The van der Waals surface area contributed by atoms with Gasteiger partial charge in [0.2, 0.25) is 5.82 Å². The summed E-state index contributed by atoms with van der Waals surface area (Å²) in [4.78, 5) is 30.8. The van der Waals surface area contributed by atoms with E-state index in [1.165, 1.54) is 4.80 Å². The van der Waals surface area contributed by atoms with Crippen LogP contribution in [0, 0.1) is 0 Å². The van der Waals surface area contributed by atoms with Crippen molar-refractivity contribution in [2.45, 2.75) is 19.4 Å². The van der Waals surface area contributed by atoms with E-state index in [2.05, 4.69) is 31.0 Å². The third kappa shape index (κ3) is 5.39. The van der Waals surface area contributed by atoms with Gasteiger partial charge in [0.15, 0.2) is 6.04 Å². The smallest absolute Gasteiger partial charge is 0.256 e. The van der Waals surface area contributed by atoms with Crippen molar-refractivity contribution in [3.8, 4) is 11.4 Å². The zero-order chi connectivity index (χ0) is 23.2. The van der Waals surface area contributed by atoms with Crippen LogP contribution in [0.3, 0.4) is 0 Å². The molecular weight excluding hydrogens is 442 g/mol. The van der Waals surface area contributed by atoms with Gasteiger partial charge in [-0.2, -0.15) is 4.80 Å². The number of hydrogen-bond donors (Lipinski definition) is 2. The SMILES string of the molecule is CCC(C(=O)Nc1cccc(C(=O)Nc2ccccn2)c1)n1nnc(-c2ccc(Cl)cc2)n1. The summed E-state index contributed by atoms with van der Waals surface area (Å²) in [6, 6.07) is 18.2. The molecule has 0 spiro atoms. The number of anilines is 2. The van der Waals surface area contributed by atoms with Crippen LogP contribution in [0.1, 0.15) is 29.7 Å². The monoisotopic (exact) mass is 461 g/mol. The Morgan fingerprint density at radius 1 is 1.03 bits per heavy atom. The predicted molar refractivity (Wildman–Crippen MR) is 125 cm³/mol. The topological polar surface area (TPSA) is 115 Å². The van der Waals surface area contributed by atoms with Gasteiger partial charge in [-0.05, 0) is 66.2 Å². The minimum atomic E-state index is -0.676. The van der Waals surface area contributed by atoms with E-state index in [1.54, 1.807) is 72.9 Å². The maximum atomic E-state index is 12.9. The van der Waals surface area contributed by atoms with Crippen molar-refractivity contribution < 1.29 is 9.59 Å². The molecule has 2 heterocycles. The Bertz CT molecular complexity index is 1260. The highest BCUT2D eigenvalue weighted by Crippen LogP contribution is 2.20. The zero-order valence-corrected chi connectivity index (χ0v) is 18.4. The van der Waals surface area contributed by atoms with E-state index < -0.39 is 6.04 Å². The molecule has 0 saturated carbocycles. The largest absolute Gasteiger partial charge is 0.324 e. The number of nitrogens with zero attached hydrogens (tertiary/aromatic N) is 5. The Balaban J connectivity index is 1.46. The van der Waals surface area contributed by atoms with Crippen LogP contribution in [-0.4, -0.2) is 37.0 Å². The summed E-state index contributed by atoms with van der Waals surface area (Å²) in [5, 5.41) is 18.6. The summed E-state index contributed by atoms with van der Waals surface area (Å²) in [5.41, 5.74) is 1.60. The molecule has 33 heavy (non-hydrogen) atoms. The van der Waals surface area contributed by atoms with Gasteiger partial charge in [0.05, 0.1) is 0 Å². The van der Waals surface area contributed by atoms with Gasteiger partial charge in [0, 0.05) is 28.0 Å². The Morgan fingerprint density at radius 3 is 2.58 bits per heavy atom. The van der Waals surface area contributed by atoms with Gasteiger partial charge >= 0.3 is 0 Å². The van der Waals surface area contributed by atoms with Crippen LogP contribution in [-0.2, 0) is 4.79 Å². The molecule has 0 aliphatic heterocycles. The second-order valence-corrected chi connectivity index (χ2v) is 7.54. The maximum Gasteiger partial charge on any atom is 0.256 e. The molecule has 2 N–H and O–H groups in total. The lowest BCUT2D eigenvalue weighted by molar-refractivity contribution is -0.120. The normalized spacial score (nSPS) is 11.6. The number of tetrazole rings is 1. The van der Waals surface area contributed by atoms with E-state index in [9.17, 15) is 9.59 Å². The predicted octanol–water partition coefficient (Wildman–Crippen LogP) is 4.23. The van der Waals surface area contributed by atoms with Gasteiger partial charge in [-0.1, -0.05) is 30.7 Å². The Morgan fingerprint density at radius 2 is 1.85 bits per heavy atom. The van der Waals surface area contributed by atoms with Crippen LogP contribution in [0.15, 0.2) is 72.9 Å². The van der Waals surface area contributed by atoms with Crippen LogP contribution >= 0.6 is 11.6 Å². The van der Waals surface area contributed by atoms with E-state index >= 15 is 0 Å². The van der Waals surface area contributed by atoms with E-state index in [-0.39, 0.29) is 11.8 Å². The van der Waals surface area contributed by atoms with Crippen LogP contribution in [0.4, 0.5) is 11.5 Å². The lowest BCUT2D eigenvalue weighted by atomic mass is 10.1. The molecule has 4 rings (SSSR count). The van der Waals surface area contributed by atoms with Crippen LogP contribution in [0.25, 0.3) is 11.4 Å². The summed E-state index contributed by atoms with van der Waals surface area (Å²) < 4.78 is 0. The molecule has 0 aliphatic rings. The maximum absolute atomic E-state index is 12.9. The summed E-state index contributed by atoms with van der Waals surface area (Å²) in [5.74, 6) is 0.185. The summed E-state index contributed by atoms with van der Waals surface area (Å²) >= 11 is 5.92. The highest BCUT2D eigenvalue weighted by Gasteiger charge is 2.22. The van der Waals surface area contributed by atoms with Gasteiger partial charge in [0.25, 0.3) is 11.8 Å².